The zero-order valence-corrected chi connectivity index (χ0v) is 10.2. The topological polar surface area (TPSA) is 43.4 Å². The minimum absolute atomic E-state index is 0.167. The zero-order chi connectivity index (χ0) is 11.9. The maximum Gasteiger partial charge on any atom is 0.302 e. The van der Waals surface area contributed by atoms with E-state index >= 15 is 0 Å². The molecule has 0 rings (SSSR count). The van der Waals surface area contributed by atoms with Crippen molar-refractivity contribution in [2.45, 2.75) is 48.5 Å². The summed E-state index contributed by atoms with van der Waals surface area (Å²) >= 11 is 0. The Balaban J connectivity index is -0.0000000457. The average Bonchev–Trinajstić information content (AvgIpc) is 2.10. The highest BCUT2D eigenvalue weighted by Crippen LogP contribution is 1.60. The summed E-state index contributed by atoms with van der Waals surface area (Å²) in [7, 11) is 1.35. The minimum Gasteiger partial charge on any atom is -0.469 e. The lowest BCUT2D eigenvalue weighted by molar-refractivity contribution is -0.137. The molecule has 0 saturated heterocycles. The molecule has 0 atom stereocenters. The van der Waals surface area contributed by atoms with Crippen LogP contribution in [0.25, 0.3) is 0 Å². The van der Waals surface area contributed by atoms with E-state index in [0.29, 0.717) is 0 Å². The molecule has 0 aromatic rings. The quantitative estimate of drug-likeness (QED) is 0.554. The van der Waals surface area contributed by atoms with E-state index in [9.17, 15) is 9.59 Å². The second-order valence-electron chi connectivity index (χ2n) is 1.60. The summed E-state index contributed by atoms with van der Waals surface area (Å²) in [6, 6.07) is 0. The Hall–Kier alpha value is -0.860. The molecule has 0 aliphatic carbocycles. The van der Waals surface area contributed by atoms with E-state index in [-0.39, 0.29) is 11.8 Å². The first kappa shape index (κ1) is 22.7. The fourth-order valence-electron chi connectivity index (χ4n) is 0. The monoisotopic (exact) mass is 192 g/mol. The Kier molecular flexibility index (Phi) is 53.1. The Morgan fingerprint density at radius 1 is 0.846 bits per heavy atom. The molecule has 0 spiro atoms. The van der Waals surface area contributed by atoms with Crippen LogP contribution in [0.4, 0.5) is 0 Å². The summed E-state index contributed by atoms with van der Waals surface area (Å²) in [5.41, 5.74) is 0. The average molecular weight is 192 g/mol. The van der Waals surface area contributed by atoms with Crippen molar-refractivity contribution in [3.63, 3.8) is 0 Å². The van der Waals surface area contributed by atoms with Crippen LogP contribution in [0.2, 0.25) is 0 Å². The molecular formula is C10H24O3. The van der Waals surface area contributed by atoms with Crippen LogP contribution in [0, 0.1) is 0 Å². The van der Waals surface area contributed by atoms with Gasteiger partial charge in [-0.25, -0.2) is 0 Å². The molecule has 0 bridgehead atoms. The normalized spacial score (nSPS) is 5.54. The van der Waals surface area contributed by atoms with Gasteiger partial charge >= 0.3 is 5.97 Å². The molecule has 82 valence electrons. The minimum atomic E-state index is -0.245. The molecule has 13 heavy (non-hydrogen) atoms. The highest BCUT2D eigenvalue weighted by molar-refractivity contribution is 5.72. The molecule has 0 aromatic heterocycles. The summed E-state index contributed by atoms with van der Waals surface area (Å²) in [4.78, 5) is 19.0. The Morgan fingerprint density at radius 2 is 0.923 bits per heavy atom. The number of Topliss-reactive ketones (excluding diaryl/α,β-unsaturated/α-hetero) is 1. The van der Waals surface area contributed by atoms with E-state index in [2.05, 4.69) is 4.74 Å². The number of hydrogen-bond acceptors (Lipinski definition) is 3. The molecule has 0 aromatic carbocycles. The highest BCUT2D eigenvalue weighted by atomic mass is 16.5. The summed E-state index contributed by atoms with van der Waals surface area (Å²) in [6.45, 7) is 12.4. The Labute approximate surface area is 82.5 Å². The number of rotatable bonds is 0. The van der Waals surface area contributed by atoms with Gasteiger partial charge in [-0.2, -0.15) is 0 Å². The third-order valence-electron chi connectivity index (χ3n) is 0.287. The van der Waals surface area contributed by atoms with Crippen molar-refractivity contribution in [3.8, 4) is 0 Å². The molecule has 0 aliphatic rings. The van der Waals surface area contributed by atoms with Gasteiger partial charge in [-0.3, -0.25) is 4.79 Å². The molecular weight excluding hydrogens is 168 g/mol. The van der Waals surface area contributed by atoms with E-state index in [1.807, 2.05) is 27.7 Å². The van der Waals surface area contributed by atoms with Crippen molar-refractivity contribution < 1.29 is 14.3 Å². The van der Waals surface area contributed by atoms with E-state index < -0.39 is 0 Å². The summed E-state index contributed by atoms with van der Waals surface area (Å²) in [5, 5.41) is 0. The lowest BCUT2D eigenvalue weighted by atomic mass is 10.6. The highest BCUT2D eigenvalue weighted by Gasteiger charge is 1.75. The Bertz CT molecular complexity index is 94.3. The van der Waals surface area contributed by atoms with Gasteiger partial charge in [0.15, 0.2) is 0 Å². The molecule has 3 heteroatoms. The van der Waals surface area contributed by atoms with Gasteiger partial charge in [0.1, 0.15) is 5.78 Å². The fourth-order valence-corrected chi connectivity index (χ4v) is 0. The number of ether oxygens (including phenoxy) is 1. The van der Waals surface area contributed by atoms with Crippen LogP contribution >= 0.6 is 0 Å². The third-order valence-corrected chi connectivity index (χ3v) is 0.287. The largest absolute Gasteiger partial charge is 0.469 e. The van der Waals surface area contributed by atoms with Gasteiger partial charge in [0.25, 0.3) is 0 Å². The first-order valence-corrected chi connectivity index (χ1v) is 4.52. The molecule has 0 aliphatic heterocycles. The molecule has 0 unspecified atom stereocenters. The SMILES string of the molecule is CC.CC.CC(C)=O.COC(C)=O. The van der Waals surface area contributed by atoms with Crippen LogP contribution in [0.1, 0.15) is 48.5 Å². The van der Waals surface area contributed by atoms with E-state index in [1.54, 1.807) is 0 Å². The predicted octanol–water partition coefficient (Wildman–Crippen LogP) is 2.83. The summed E-state index contributed by atoms with van der Waals surface area (Å²) < 4.78 is 4.11. The van der Waals surface area contributed by atoms with Gasteiger partial charge in [-0.05, 0) is 13.8 Å². The van der Waals surface area contributed by atoms with E-state index in [1.165, 1.54) is 27.9 Å². The number of carbonyl (C=O) groups is 2. The first-order chi connectivity index (χ1) is 6.00. The molecule has 0 fully saturated rings. The van der Waals surface area contributed by atoms with Crippen molar-refractivity contribution in [1.29, 1.82) is 0 Å². The number of ketones is 1. The van der Waals surface area contributed by atoms with Crippen molar-refractivity contribution in [1.82, 2.24) is 0 Å². The van der Waals surface area contributed by atoms with Gasteiger partial charge in [-0.15, -0.1) is 0 Å². The number of methoxy groups -OCH3 is 1. The van der Waals surface area contributed by atoms with Crippen molar-refractivity contribution in [3.05, 3.63) is 0 Å². The molecule has 0 N–H and O–H groups in total. The summed E-state index contributed by atoms with van der Waals surface area (Å²) in [5.74, 6) is -0.0787. The van der Waals surface area contributed by atoms with Crippen LogP contribution in [-0.2, 0) is 14.3 Å². The van der Waals surface area contributed by atoms with Crippen LogP contribution in [0.15, 0.2) is 0 Å². The predicted molar refractivity (Wildman–Crippen MR) is 56.7 cm³/mol. The van der Waals surface area contributed by atoms with Crippen LogP contribution in [-0.4, -0.2) is 18.9 Å². The lowest BCUT2D eigenvalue weighted by Gasteiger charge is -1.80. The van der Waals surface area contributed by atoms with E-state index in [4.69, 9.17) is 0 Å². The van der Waals surface area contributed by atoms with Gasteiger partial charge in [-0.1, -0.05) is 27.7 Å². The van der Waals surface area contributed by atoms with Gasteiger partial charge in [0, 0.05) is 6.92 Å². The second kappa shape index (κ2) is 30.4. The van der Waals surface area contributed by atoms with Crippen molar-refractivity contribution >= 4 is 11.8 Å². The molecule has 3 nitrogen and oxygen atoms in total. The third kappa shape index (κ3) is 716. The molecule has 0 amide bonds. The molecule has 0 heterocycles. The smallest absolute Gasteiger partial charge is 0.302 e. The standard InChI is InChI=1S/C3H6O2.C3H6O.2C2H6/c1-3(4)5-2;1-3(2)4;2*1-2/h1-2H3;1-2H3;2*1-2H3. The number of hydrogen-bond donors (Lipinski definition) is 0. The first-order valence-electron chi connectivity index (χ1n) is 4.52. The fraction of sp³-hybridized carbons (Fsp3) is 0.800. The van der Waals surface area contributed by atoms with Crippen LogP contribution < -0.4 is 0 Å². The lowest BCUT2D eigenvalue weighted by Crippen LogP contribution is -1.88. The maximum absolute atomic E-state index is 9.59. The van der Waals surface area contributed by atoms with Gasteiger partial charge in [0.05, 0.1) is 7.11 Å². The van der Waals surface area contributed by atoms with Gasteiger partial charge < -0.3 is 9.53 Å². The Morgan fingerprint density at radius 3 is 0.923 bits per heavy atom. The van der Waals surface area contributed by atoms with Gasteiger partial charge in [0.2, 0.25) is 0 Å². The van der Waals surface area contributed by atoms with Crippen LogP contribution in [0.5, 0.6) is 0 Å². The molecule has 0 saturated carbocycles. The maximum atomic E-state index is 9.59. The van der Waals surface area contributed by atoms with Crippen molar-refractivity contribution in [2.75, 3.05) is 7.11 Å². The summed E-state index contributed by atoms with van der Waals surface area (Å²) in [6.07, 6.45) is 0. The molecule has 0 radical (unpaired) electrons. The second-order valence-corrected chi connectivity index (χ2v) is 1.60. The van der Waals surface area contributed by atoms with E-state index in [0.717, 1.165) is 0 Å². The van der Waals surface area contributed by atoms with Crippen LogP contribution in [0.3, 0.4) is 0 Å². The zero-order valence-electron chi connectivity index (χ0n) is 10.2. The number of carbonyl (C=O) groups excluding carboxylic acids is 2. The van der Waals surface area contributed by atoms with Crippen molar-refractivity contribution in [2.24, 2.45) is 0 Å². The number of esters is 1.